The number of hydrogen-bond donors (Lipinski definition) is 1. The van der Waals surface area contributed by atoms with Crippen LogP contribution in [-0.4, -0.2) is 38.5 Å². The number of rotatable bonds is 7. The summed E-state index contributed by atoms with van der Waals surface area (Å²) >= 11 is 7.48. The lowest BCUT2D eigenvalue weighted by Crippen LogP contribution is -2.22. The van der Waals surface area contributed by atoms with Crippen LogP contribution in [0.15, 0.2) is 41.3 Å². The Balaban J connectivity index is 2.11. The van der Waals surface area contributed by atoms with Gasteiger partial charge in [-0.05, 0) is 43.3 Å². The average Bonchev–Trinajstić information content (AvgIpc) is 2.68. The summed E-state index contributed by atoms with van der Waals surface area (Å²) in [6.07, 6.45) is 0. The molecule has 0 bridgehead atoms. The first kappa shape index (κ1) is 20.9. The third-order valence-corrected chi connectivity index (χ3v) is 5.11. The molecule has 2 aromatic rings. The number of hydrogen-bond acceptors (Lipinski definition) is 6. The summed E-state index contributed by atoms with van der Waals surface area (Å²) in [5, 5.41) is 2.66. The number of carbonyl (C=O) groups is 2. The number of halogens is 1. The van der Waals surface area contributed by atoms with Gasteiger partial charge in [-0.3, -0.25) is 4.79 Å². The number of carbonyl (C=O) groups excluding carboxylic acids is 2. The maximum absolute atomic E-state index is 12.5. The van der Waals surface area contributed by atoms with E-state index in [9.17, 15) is 9.59 Å². The smallest absolute Gasteiger partial charge is 0.337 e. The van der Waals surface area contributed by atoms with E-state index in [-0.39, 0.29) is 5.91 Å². The van der Waals surface area contributed by atoms with Crippen molar-refractivity contribution in [1.29, 1.82) is 0 Å². The van der Waals surface area contributed by atoms with Gasteiger partial charge in [-0.15, -0.1) is 11.8 Å². The zero-order valence-electron chi connectivity index (χ0n) is 15.4. The first-order valence-electron chi connectivity index (χ1n) is 7.97. The Bertz CT molecular complexity index is 843. The molecule has 0 radical (unpaired) electrons. The molecule has 2 rings (SSSR count). The second kappa shape index (κ2) is 9.53. The molecule has 1 atom stereocenters. The minimum absolute atomic E-state index is 0.251. The van der Waals surface area contributed by atoms with Gasteiger partial charge in [-0.1, -0.05) is 11.6 Å². The van der Waals surface area contributed by atoms with Gasteiger partial charge in [0.25, 0.3) is 0 Å². The molecule has 1 N–H and O–H groups in total. The van der Waals surface area contributed by atoms with Crippen molar-refractivity contribution in [1.82, 2.24) is 0 Å². The van der Waals surface area contributed by atoms with Gasteiger partial charge < -0.3 is 19.5 Å². The van der Waals surface area contributed by atoms with Gasteiger partial charge in [0.1, 0.15) is 0 Å². The van der Waals surface area contributed by atoms with Crippen LogP contribution in [0.5, 0.6) is 11.5 Å². The topological polar surface area (TPSA) is 73.9 Å². The maximum atomic E-state index is 12.5. The van der Waals surface area contributed by atoms with E-state index in [1.807, 2.05) is 6.07 Å². The monoisotopic (exact) mass is 409 g/mol. The first-order valence-corrected chi connectivity index (χ1v) is 9.22. The summed E-state index contributed by atoms with van der Waals surface area (Å²) in [5.74, 6) is 0.447. The molecule has 0 saturated heterocycles. The number of esters is 1. The van der Waals surface area contributed by atoms with Crippen molar-refractivity contribution in [3.8, 4) is 11.5 Å². The molecular formula is C19H20ClNO5S. The van der Waals surface area contributed by atoms with Gasteiger partial charge in [0.2, 0.25) is 5.91 Å². The van der Waals surface area contributed by atoms with E-state index in [1.165, 1.54) is 37.1 Å². The fraction of sp³-hybridized carbons (Fsp3) is 0.263. The van der Waals surface area contributed by atoms with Crippen molar-refractivity contribution in [2.45, 2.75) is 17.1 Å². The molecule has 27 heavy (non-hydrogen) atoms. The first-order chi connectivity index (χ1) is 12.9. The minimum atomic E-state index is -0.505. The minimum Gasteiger partial charge on any atom is -0.493 e. The largest absolute Gasteiger partial charge is 0.493 e. The molecule has 0 aliphatic carbocycles. The normalized spacial score (nSPS) is 11.4. The molecule has 2 aromatic carbocycles. The van der Waals surface area contributed by atoms with Gasteiger partial charge in [0.05, 0.1) is 42.9 Å². The van der Waals surface area contributed by atoms with E-state index in [2.05, 4.69) is 10.1 Å². The lowest BCUT2D eigenvalue weighted by molar-refractivity contribution is -0.115. The van der Waals surface area contributed by atoms with E-state index in [4.69, 9.17) is 21.1 Å². The van der Waals surface area contributed by atoms with E-state index in [0.717, 1.165) is 4.90 Å². The molecule has 0 spiro atoms. The van der Waals surface area contributed by atoms with E-state index >= 15 is 0 Å². The highest BCUT2D eigenvalue weighted by Crippen LogP contribution is 2.34. The summed E-state index contributed by atoms with van der Waals surface area (Å²) in [4.78, 5) is 25.0. The Morgan fingerprint density at radius 3 is 2.37 bits per heavy atom. The molecular weight excluding hydrogens is 390 g/mol. The van der Waals surface area contributed by atoms with Crippen molar-refractivity contribution >= 4 is 40.9 Å². The summed E-state index contributed by atoms with van der Waals surface area (Å²) in [5.41, 5.74) is 0.654. The van der Waals surface area contributed by atoms with Gasteiger partial charge in [-0.2, -0.15) is 0 Å². The number of amides is 1. The summed E-state index contributed by atoms with van der Waals surface area (Å²) in [7, 11) is 4.41. The van der Waals surface area contributed by atoms with Gasteiger partial charge in [0, 0.05) is 4.90 Å². The number of anilines is 1. The Morgan fingerprint density at radius 2 is 1.74 bits per heavy atom. The van der Waals surface area contributed by atoms with E-state index < -0.39 is 11.2 Å². The molecule has 6 nitrogen and oxygen atoms in total. The molecule has 144 valence electrons. The van der Waals surface area contributed by atoms with Gasteiger partial charge in [0.15, 0.2) is 11.5 Å². The number of nitrogens with one attached hydrogen (secondary N) is 1. The lowest BCUT2D eigenvalue weighted by atomic mass is 10.2. The van der Waals surface area contributed by atoms with Crippen LogP contribution < -0.4 is 14.8 Å². The number of methoxy groups -OCH3 is 3. The highest BCUT2D eigenvalue weighted by Gasteiger charge is 2.18. The molecule has 0 fully saturated rings. The molecule has 1 amide bonds. The molecule has 0 saturated carbocycles. The van der Waals surface area contributed by atoms with Gasteiger partial charge in [-0.25, -0.2) is 4.79 Å². The van der Waals surface area contributed by atoms with Crippen LogP contribution in [0.2, 0.25) is 5.02 Å². The molecule has 0 aliphatic rings. The number of ether oxygens (including phenoxy) is 3. The predicted molar refractivity (Wildman–Crippen MR) is 106 cm³/mol. The summed E-state index contributed by atoms with van der Waals surface area (Å²) in [6.45, 7) is 1.77. The fourth-order valence-electron chi connectivity index (χ4n) is 2.25. The van der Waals surface area contributed by atoms with Crippen LogP contribution in [0.3, 0.4) is 0 Å². The van der Waals surface area contributed by atoms with Crippen LogP contribution in [0.25, 0.3) is 0 Å². The van der Waals surface area contributed by atoms with Crippen molar-refractivity contribution in [3.63, 3.8) is 0 Å². The predicted octanol–water partition coefficient (Wildman–Crippen LogP) is 4.26. The fourth-order valence-corrected chi connectivity index (χ4v) is 3.31. The highest BCUT2D eigenvalue weighted by atomic mass is 35.5. The number of benzene rings is 2. The van der Waals surface area contributed by atoms with Crippen molar-refractivity contribution in [2.75, 3.05) is 26.6 Å². The standard InChI is InChI=1S/C19H20ClNO5S/c1-11(27-13-6-8-16(24-2)17(10-13)25-3)18(22)21-15-9-12(19(23)26-4)5-7-14(15)20/h5-11H,1-4H3,(H,21,22)/t11-/m1/s1. The zero-order valence-corrected chi connectivity index (χ0v) is 16.9. The molecule has 0 aliphatic heterocycles. The highest BCUT2D eigenvalue weighted by molar-refractivity contribution is 8.00. The molecule has 8 heteroatoms. The molecule has 0 heterocycles. The zero-order chi connectivity index (χ0) is 20.0. The Labute approximate surface area is 167 Å². The summed E-state index contributed by atoms with van der Waals surface area (Å²) in [6, 6.07) is 9.99. The van der Waals surface area contributed by atoms with Gasteiger partial charge >= 0.3 is 5.97 Å². The average molecular weight is 410 g/mol. The third kappa shape index (κ3) is 5.30. The van der Waals surface area contributed by atoms with Crippen LogP contribution in [0, 0.1) is 0 Å². The van der Waals surface area contributed by atoms with Crippen molar-refractivity contribution in [2.24, 2.45) is 0 Å². The second-order valence-electron chi connectivity index (χ2n) is 5.45. The lowest BCUT2D eigenvalue weighted by Gasteiger charge is -2.15. The Morgan fingerprint density at radius 1 is 1.04 bits per heavy atom. The molecule has 0 aromatic heterocycles. The van der Waals surface area contributed by atoms with Crippen molar-refractivity contribution < 1.29 is 23.8 Å². The third-order valence-electron chi connectivity index (χ3n) is 3.68. The second-order valence-corrected chi connectivity index (χ2v) is 7.27. The van der Waals surface area contributed by atoms with Crippen LogP contribution in [0.1, 0.15) is 17.3 Å². The Hall–Kier alpha value is -2.38. The molecule has 0 unspecified atom stereocenters. The van der Waals surface area contributed by atoms with Crippen LogP contribution in [-0.2, 0) is 9.53 Å². The Kier molecular flexibility index (Phi) is 7.38. The summed E-state index contributed by atoms with van der Waals surface area (Å²) < 4.78 is 15.2. The SMILES string of the molecule is COC(=O)c1ccc(Cl)c(NC(=O)[C@@H](C)Sc2ccc(OC)c(OC)c2)c1. The quantitative estimate of drug-likeness (QED) is 0.544. The van der Waals surface area contributed by atoms with Crippen LogP contribution >= 0.6 is 23.4 Å². The van der Waals surface area contributed by atoms with E-state index in [1.54, 1.807) is 33.3 Å². The van der Waals surface area contributed by atoms with E-state index in [0.29, 0.717) is 27.8 Å². The van der Waals surface area contributed by atoms with Crippen molar-refractivity contribution in [3.05, 3.63) is 47.0 Å². The van der Waals surface area contributed by atoms with Crippen LogP contribution in [0.4, 0.5) is 5.69 Å². The number of thioether (sulfide) groups is 1. The maximum Gasteiger partial charge on any atom is 0.337 e.